The smallest absolute Gasteiger partial charge is 0.318 e. The molecule has 0 bridgehead atoms. The summed E-state index contributed by atoms with van der Waals surface area (Å²) in [6, 6.07) is 7.12. The van der Waals surface area contributed by atoms with Gasteiger partial charge in [0.25, 0.3) is 0 Å². The Morgan fingerprint density at radius 1 is 1.08 bits per heavy atom. The molecule has 0 radical (unpaired) electrons. The number of benzene rings is 1. The van der Waals surface area contributed by atoms with Crippen molar-refractivity contribution in [3.05, 3.63) is 65.5 Å². The topological polar surface area (TPSA) is 48.0 Å². The molecule has 2 heterocycles. The first-order chi connectivity index (χ1) is 11.4. The molecule has 8 heteroatoms. The zero-order chi connectivity index (χ0) is 17.3. The quantitative estimate of drug-likeness (QED) is 0.688. The molecule has 0 saturated carbocycles. The van der Waals surface area contributed by atoms with Crippen molar-refractivity contribution in [1.29, 1.82) is 0 Å². The van der Waals surface area contributed by atoms with Gasteiger partial charge in [-0.3, -0.25) is 0 Å². The Hall–Kier alpha value is -2.90. The molecule has 0 N–H and O–H groups in total. The van der Waals surface area contributed by atoms with Gasteiger partial charge in [0.05, 0.1) is 11.8 Å². The molecule has 24 heavy (non-hydrogen) atoms. The zero-order valence-corrected chi connectivity index (χ0v) is 13.0. The van der Waals surface area contributed by atoms with Crippen LogP contribution in [0.3, 0.4) is 0 Å². The fraction of sp³-hybridized carbons (Fsp3) is 0.188. The van der Waals surface area contributed by atoms with Crippen LogP contribution in [-0.2, 0) is 6.18 Å². The van der Waals surface area contributed by atoms with Crippen LogP contribution in [0, 0.1) is 13.8 Å². The van der Waals surface area contributed by atoms with Crippen molar-refractivity contribution in [2.24, 2.45) is 5.10 Å². The summed E-state index contributed by atoms with van der Waals surface area (Å²) < 4.78 is 42.0. The summed E-state index contributed by atoms with van der Waals surface area (Å²) in [4.78, 5) is 0. The van der Waals surface area contributed by atoms with Gasteiger partial charge in [-0.2, -0.15) is 18.3 Å². The number of halogens is 3. The van der Waals surface area contributed by atoms with Crippen molar-refractivity contribution >= 4 is 6.21 Å². The van der Waals surface area contributed by atoms with Gasteiger partial charge in [-0.1, -0.05) is 6.07 Å². The first-order valence-electron chi connectivity index (χ1n) is 7.12. The van der Waals surface area contributed by atoms with E-state index in [0.29, 0.717) is 5.69 Å². The second-order valence-corrected chi connectivity index (χ2v) is 5.30. The normalized spacial score (nSPS) is 12.2. The van der Waals surface area contributed by atoms with Crippen molar-refractivity contribution in [3.8, 4) is 5.69 Å². The Morgan fingerprint density at radius 2 is 1.79 bits per heavy atom. The summed E-state index contributed by atoms with van der Waals surface area (Å²) in [6.45, 7) is 3.67. The maximum Gasteiger partial charge on any atom is 0.416 e. The van der Waals surface area contributed by atoms with E-state index < -0.39 is 11.7 Å². The minimum absolute atomic E-state index is 0.462. The maximum atomic E-state index is 12.9. The lowest BCUT2D eigenvalue weighted by Gasteiger charge is -2.13. The van der Waals surface area contributed by atoms with E-state index in [1.807, 2.05) is 19.9 Å². The standard InChI is InChI=1S/C16H14F3N5/c1-11-6-13(8-22-23-9-20-21-10-23)12(2)24(11)15-5-3-4-14(7-15)16(17,18)19/h3-10H,1-2H3/b22-8-. The van der Waals surface area contributed by atoms with Gasteiger partial charge in [0.1, 0.15) is 12.7 Å². The van der Waals surface area contributed by atoms with Gasteiger partial charge in [0, 0.05) is 22.6 Å². The summed E-state index contributed by atoms with van der Waals surface area (Å²) in [6.07, 6.45) is 0.143. The molecule has 0 atom stereocenters. The number of hydrogen-bond donors (Lipinski definition) is 0. The van der Waals surface area contributed by atoms with Crippen LogP contribution in [0.1, 0.15) is 22.5 Å². The molecule has 124 valence electrons. The van der Waals surface area contributed by atoms with Crippen LogP contribution < -0.4 is 0 Å². The molecule has 2 aromatic heterocycles. The third-order valence-corrected chi connectivity index (χ3v) is 3.64. The molecule has 3 aromatic rings. The highest BCUT2D eigenvalue weighted by molar-refractivity contribution is 5.82. The maximum absolute atomic E-state index is 12.9. The molecule has 1 aromatic carbocycles. The molecule has 0 unspecified atom stereocenters. The molecule has 0 amide bonds. The average molecular weight is 333 g/mol. The highest BCUT2D eigenvalue weighted by Gasteiger charge is 2.30. The van der Waals surface area contributed by atoms with E-state index in [-0.39, 0.29) is 0 Å². The van der Waals surface area contributed by atoms with Gasteiger partial charge in [0.15, 0.2) is 0 Å². The number of aromatic nitrogens is 4. The van der Waals surface area contributed by atoms with E-state index in [2.05, 4.69) is 15.3 Å². The van der Waals surface area contributed by atoms with Crippen molar-refractivity contribution in [1.82, 2.24) is 19.4 Å². The summed E-state index contributed by atoms with van der Waals surface area (Å²) in [5.74, 6) is 0. The molecule has 5 nitrogen and oxygen atoms in total. The van der Waals surface area contributed by atoms with Crippen LogP contribution in [0.2, 0.25) is 0 Å². The predicted molar refractivity (Wildman–Crippen MR) is 83.3 cm³/mol. The average Bonchev–Trinajstić information content (AvgIpc) is 3.13. The SMILES string of the molecule is Cc1cc(/C=N\n2cnnc2)c(C)n1-c1cccc(C(F)(F)F)c1. The van der Waals surface area contributed by atoms with Gasteiger partial charge >= 0.3 is 6.18 Å². The number of rotatable bonds is 3. The second kappa shape index (κ2) is 5.95. The Bertz CT molecular complexity index is 876. The van der Waals surface area contributed by atoms with E-state index >= 15 is 0 Å². The van der Waals surface area contributed by atoms with Gasteiger partial charge in [-0.05, 0) is 38.1 Å². The van der Waals surface area contributed by atoms with Crippen LogP contribution in [0.4, 0.5) is 13.2 Å². The number of aryl methyl sites for hydroxylation is 1. The largest absolute Gasteiger partial charge is 0.416 e. The van der Waals surface area contributed by atoms with E-state index in [0.717, 1.165) is 29.1 Å². The fourth-order valence-corrected chi connectivity index (χ4v) is 2.52. The first-order valence-corrected chi connectivity index (χ1v) is 7.12. The minimum Gasteiger partial charge on any atom is -0.318 e. The monoisotopic (exact) mass is 333 g/mol. The molecule has 0 aliphatic rings. The van der Waals surface area contributed by atoms with Gasteiger partial charge < -0.3 is 4.57 Å². The molecule has 0 saturated heterocycles. The molecule has 0 aliphatic heterocycles. The zero-order valence-electron chi connectivity index (χ0n) is 13.0. The lowest BCUT2D eigenvalue weighted by atomic mass is 10.2. The molecule has 0 fully saturated rings. The molecular weight excluding hydrogens is 319 g/mol. The third kappa shape index (κ3) is 3.08. The lowest BCUT2D eigenvalue weighted by Crippen LogP contribution is -2.07. The molecular formula is C16H14F3N5. The van der Waals surface area contributed by atoms with Crippen molar-refractivity contribution < 1.29 is 13.2 Å². The van der Waals surface area contributed by atoms with E-state index in [4.69, 9.17) is 0 Å². The van der Waals surface area contributed by atoms with E-state index in [9.17, 15) is 13.2 Å². The van der Waals surface area contributed by atoms with Gasteiger partial charge in [0.2, 0.25) is 0 Å². The van der Waals surface area contributed by atoms with Crippen molar-refractivity contribution in [2.45, 2.75) is 20.0 Å². The molecule has 0 aliphatic carbocycles. The third-order valence-electron chi connectivity index (χ3n) is 3.64. The summed E-state index contributed by atoms with van der Waals surface area (Å²) in [5, 5.41) is 11.5. The first kappa shape index (κ1) is 16.0. The van der Waals surface area contributed by atoms with E-state index in [1.54, 1.807) is 16.8 Å². The Morgan fingerprint density at radius 3 is 2.46 bits per heavy atom. The van der Waals surface area contributed by atoms with Gasteiger partial charge in [-0.15, -0.1) is 10.2 Å². The van der Waals surface area contributed by atoms with E-state index in [1.165, 1.54) is 23.4 Å². The minimum atomic E-state index is -4.37. The Kier molecular flexibility index (Phi) is 3.96. The highest BCUT2D eigenvalue weighted by Crippen LogP contribution is 2.31. The fourth-order valence-electron chi connectivity index (χ4n) is 2.52. The van der Waals surface area contributed by atoms with Crippen molar-refractivity contribution in [3.63, 3.8) is 0 Å². The summed E-state index contributed by atoms with van der Waals surface area (Å²) in [7, 11) is 0. The number of hydrogen-bond acceptors (Lipinski definition) is 3. The van der Waals surface area contributed by atoms with Crippen LogP contribution >= 0.6 is 0 Å². The Labute approximate surface area is 136 Å². The second-order valence-electron chi connectivity index (χ2n) is 5.30. The van der Waals surface area contributed by atoms with Crippen LogP contribution in [0.15, 0.2) is 48.1 Å². The number of nitrogens with zero attached hydrogens (tertiary/aromatic N) is 5. The van der Waals surface area contributed by atoms with Crippen LogP contribution in [0.5, 0.6) is 0 Å². The van der Waals surface area contributed by atoms with Crippen molar-refractivity contribution in [2.75, 3.05) is 0 Å². The molecule has 3 rings (SSSR count). The highest BCUT2D eigenvalue weighted by atomic mass is 19.4. The summed E-state index contributed by atoms with van der Waals surface area (Å²) in [5.41, 5.74) is 2.20. The van der Waals surface area contributed by atoms with Crippen LogP contribution in [-0.4, -0.2) is 25.7 Å². The molecule has 0 spiro atoms. The summed E-state index contributed by atoms with van der Waals surface area (Å²) >= 11 is 0. The Balaban J connectivity index is 2.01. The van der Waals surface area contributed by atoms with Crippen LogP contribution in [0.25, 0.3) is 5.69 Å². The van der Waals surface area contributed by atoms with Gasteiger partial charge in [-0.25, -0.2) is 4.68 Å². The number of alkyl halides is 3. The lowest BCUT2D eigenvalue weighted by molar-refractivity contribution is -0.137. The predicted octanol–water partition coefficient (Wildman–Crippen LogP) is 3.59.